The van der Waals surface area contributed by atoms with Gasteiger partial charge >= 0.3 is 0 Å². The van der Waals surface area contributed by atoms with Crippen LogP contribution in [0.5, 0.6) is 0 Å². The van der Waals surface area contributed by atoms with Crippen molar-refractivity contribution >= 4 is 21.6 Å². The predicted octanol–water partition coefficient (Wildman–Crippen LogP) is 2.12. The predicted molar refractivity (Wildman–Crippen MR) is 79.1 cm³/mol. The van der Waals surface area contributed by atoms with Gasteiger partial charge in [-0.25, -0.2) is 18.4 Å². The van der Waals surface area contributed by atoms with Crippen molar-refractivity contribution < 1.29 is 8.42 Å². The number of hydrogen-bond acceptors (Lipinski definition) is 5. The number of aromatic nitrogens is 3. The second-order valence-corrected chi connectivity index (χ2v) is 6.92. The number of nitrogens with zero attached hydrogens (tertiary/aromatic N) is 4. The van der Waals surface area contributed by atoms with Gasteiger partial charge in [-0.05, 0) is 37.1 Å². The first-order valence-electron chi connectivity index (χ1n) is 6.29. The molecular formula is C13H15ClN4O2S. The van der Waals surface area contributed by atoms with E-state index in [9.17, 15) is 8.42 Å². The monoisotopic (exact) mass is 326 g/mol. The molecule has 0 aromatic carbocycles. The Hall–Kier alpha value is -1.57. The van der Waals surface area contributed by atoms with Crippen molar-refractivity contribution in [2.75, 3.05) is 0 Å². The molecule has 0 saturated heterocycles. The molecule has 0 saturated carbocycles. The van der Waals surface area contributed by atoms with E-state index in [1.54, 1.807) is 18.5 Å². The van der Waals surface area contributed by atoms with Gasteiger partial charge in [0.05, 0.1) is 12.4 Å². The maximum Gasteiger partial charge on any atom is 0.246 e. The van der Waals surface area contributed by atoms with Gasteiger partial charge in [0.2, 0.25) is 15.3 Å². The molecule has 2 aromatic heterocycles. The van der Waals surface area contributed by atoms with E-state index in [1.807, 2.05) is 19.9 Å². The fourth-order valence-electron chi connectivity index (χ4n) is 1.79. The first kappa shape index (κ1) is 15.8. The summed E-state index contributed by atoms with van der Waals surface area (Å²) in [5, 5.41) is 0.0114. The SMILES string of the molecule is CC(C)N(Cc1cccnc1)S(=O)(=O)c1cnc(Cl)nc1. The first-order chi connectivity index (χ1) is 9.91. The minimum absolute atomic E-state index is 0.0114. The van der Waals surface area contributed by atoms with Crippen molar-refractivity contribution in [3.05, 3.63) is 47.8 Å². The summed E-state index contributed by atoms with van der Waals surface area (Å²) in [6.45, 7) is 3.85. The highest BCUT2D eigenvalue weighted by Gasteiger charge is 2.27. The van der Waals surface area contributed by atoms with Crippen LogP contribution in [0.1, 0.15) is 19.4 Å². The summed E-state index contributed by atoms with van der Waals surface area (Å²) in [4.78, 5) is 11.5. The van der Waals surface area contributed by atoms with Gasteiger partial charge < -0.3 is 0 Å². The van der Waals surface area contributed by atoms with Gasteiger partial charge in [0.25, 0.3) is 0 Å². The molecule has 0 fully saturated rings. The lowest BCUT2D eigenvalue weighted by Crippen LogP contribution is -2.36. The molecule has 8 heteroatoms. The van der Waals surface area contributed by atoms with Crippen LogP contribution in [0.4, 0.5) is 0 Å². The third-order valence-electron chi connectivity index (χ3n) is 2.84. The lowest BCUT2D eigenvalue weighted by atomic mass is 10.2. The second kappa shape index (κ2) is 6.46. The molecule has 2 rings (SSSR count). The molecule has 112 valence electrons. The molecule has 6 nitrogen and oxygen atoms in total. The van der Waals surface area contributed by atoms with Gasteiger partial charge in [-0.2, -0.15) is 4.31 Å². The van der Waals surface area contributed by atoms with Crippen molar-refractivity contribution in [2.24, 2.45) is 0 Å². The average molecular weight is 327 g/mol. The molecule has 0 spiro atoms. The van der Waals surface area contributed by atoms with Crippen molar-refractivity contribution in [3.8, 4) is 0 Å². The first-order valence-corrected chi connectivity index (χ1v) is 8.11. The highest BCUT2D eigenvalue weighted by Crippen LogP contribution is 2.20. The highest BCUT2D eigenvalue weighted by atomic mass is 35.5. The molecule has 0 aliphatic carbocycles. The lowest BCUT2D eigenvalue weighted by molar-refractivity contribution is 0.347. The zero-order chi connectivity index (χ0) is 15.5. The molecule has 0 aliphatic heterocycles. The topological polar surface area (TPSA) is 76.1 Å². The summed E-state index contributed by atoms with van der Waals surface area (Å²) >= 11 is 5.59. The van der Waals surface area contributed by atoms with Crippen LogP contribution in [0.2, 0.25) is 5.28 Å². The quantitative estimate of drug-likeness (QED) is 0.787. The van der Waals surface area contributed by atoms with Crippen LogP contribution >= 0.6 is 11.6 Å². The molecule has 0 N–H and O–H groups in total. The van der Waals surface area contributed by atoms with Crippen LogP contribution in [0.25, 0.3) is 0 Å². The highest BCUT2D eigenvalue weighted by molar-refractivity contribution is 7.89. The normalized spacial score (nSPS) is 12.0. The number of pyridine rings is 1. The molecule has 0 unspecified atom stereocenters. The molecule has 0 amide bonds. The molecule has 0 radical (unpaired) electrons. The Kier molecular flexibility index (Phi) is 4.87. The van der Waals surface area contributed by atoms with E-state index in [-0.39, 0.29) is 22.8 Å². The van der Waals surface area contributed by atoms with Gasteiger partial charge in [0, 0.05) is 25.0 Å². The minimum Gasteiger partial charge on any atom is -0.264 e. The zero-order valence-corrected chi connectivity index (χ0v) is 13.2. The number of hydrogen-bond donors (Lipinski definition) is 0. The zero-order valence-electron chi connectivity index (χ0n) is 11.6. The van der Waals surface area contributed by atoms with E-state index in [4.69, 9.17) is 11.6 Å². The van der Waals surface area contributed by atoms with Gasteiger partial charge in [-0.1, -0.05) is 6.07 Å². The largest absolute Gasteiger partial charge is 0.264 e. The van der Waals surface area contributed by atoms with Gasteiger partial charge in [0.15, 0.2) is 0 Å². The standard InChI is InChI=1S/C13H15ClN4O2S/c1-10(2)18(9-11-4-3-5-15-6-11)21(19,20)12-7-16-13(14)17-8-12/h3-8,10H,9H2,1-2H3. The summed E-state index contributed by atoms with van der Waals surface area (Å²) in [7, 11) is -3.69. The van der Waals surface area contributed by atoms with E-state index in [1.165, 1.54) is 16.7 Å². The van der Waals surface area contributed by atoms with Crippen molar-refractivity contribution in [1.82, 2.24) is 19.3 Å². The van der Waals surface area contributed by atoms with Crippen molar-refractivity contribution in [3.63, 3.8) is 0 Å². The summed E-state index contributed by atoms with van der Waals surface area (Å²) in [6.07, 6.45) is 5.71. The van der Waals surface area contributed by atoms with E-state index >= 15 is 0 Å². The molecule has 0 atom stereocenters. The fraction of sp³-hybridized carbons (Fsp3) is 0.308. The van der Waals surface area contributed by atoms with E-state index in [0.29, 0.717) is 0 Å². The fourth-order valence-corrected chi connectivity index (χ4v) is 3.40. The van der Waals surface area contributed by atoms with Crippen molar-refractivity contribution in [1.29, 1.82) is 0 Å². The van der Waals surface area contributed by atoms with Crippen LogP contribution < -0.4 is 0 Å². The van der Waals surface area contributed by atoms with Gasteiger partial charge in [-0.3, -0.25) is 4.98 Å². The summed E-state index contributed by atoms with van der Waals surface area (Å²) in [6, 6.07) is 3.38. The van der Waals surface area contributed by atoms with Crippen LogP contribution in [-0.2, 0) is 16.6 Å². The maximum atomic E-state index is 12.7. The molecule has 0 bridgehead atoms. The van der Waals surface area contributed by atoms with E-state index in [0.717, 1.165) is 5.56 Å². The molecular weight excluding hydrogens is 312 g/mol. The summed E-state index contributed by atoms with van der Waals surface area (Å²) < 4.78 is 26.7. The molecule has 2 aromatic rings. The Balaban J connectivity index is 2.35. The number of sulfonamides is 1. The van der Waals surface area contributed by atoms with E-state index in [2.05, 4.69) is 15.0 Å². The third-order valence-corrected chi connectivity index (χ3v) is 5.01. The maximum absolute atomic E-state index is 12.7. The van der Waals surface area contributed by atoms with Gasteiger partial charge in [-0.15, -0.1) is 0 Å². The summed E-state index contributed by atoms with van der Waals surface area (Å²) in [5.74, 6) is 0. The Labute approximate surface area is 128 Å². The second-order valence-electron chi connectivity index (χ2n) is 4.69. The Bertz CT molecular complexity index is 690. The van der Waals surface area contributed by atoms with Crippen LogP contribution in [-0.4, -0.2) is 33.7 Å². The minimum atomic E-state index is -3.69. The molecule has 21 heavy (non-hydrogen) atoms. The van der Waals surface area contributed by atoms with Crippen LogP contribution in [0, 0.1) is 0 Å². The number of halogens is 1. The summed E-state index contributed by atoms with van der Waals surface area (Å²) in [5.41, 5.74) is 0.810. The van der Waals surface area contributed by atoms with Crippen molar-refractivity contribution in [2.45, 2.75) is 31.3 Å². The molecule has 0 aliphatic rings. The Morgan fingerprint density at radius 1 is 1.24 bits per heavy atom. The van der Waals surface area contributed by atoms with Crippen LogP contribution in [0.15, 0.2) is 41.8 Å². The van der Waals surface area contributed by atoms with Crippen LogP contribution in [0.3, 0.4) is 0 Å². The smallest absolute Gasteiger partial charge is 0.246 e. The van der Waals surface area contributed by atoms with E-state index < -0.39 is 10.0 Å². The Morgan fingerprint density at radius 2 is 1.90 bits per heavy atom. The lowest BCUT2D eigenvalue weighted by Gasteiger charge is -2.25. The van der Waals surface area contributed by atoms with Gasteiger partial charge in [0.1, 0.15) is 4.90 Å². The Morgan fingerprint density at radius 3 is 2.43 bits per heavy atom. The number of rotatable bonds is 5. The average Bonchev–Trinajstić information content (AvgIpc) is 2.46. The third kappa shape index (κ3) is 3.75. The molecule has 2 heterocycles.